The molecule has 1 aromatic rings. The van der Waals surface area contributed by atoms with Crippen molar-refractivity contribution in [2.75, 3.05) is 21.3 Å². The van der Waals surface area contributed by atoms with Crippen LogP contribution in [0.2, 0.25) is 0 Å². The molecule has 2 aliphatic rings. The van der Waals surface area contributed by atoms with Crippen LogP contribution >= 0.6 is 0 Å². The summed E-state index contributed by atoms with van der Waals surface area (Å²) in [6.07, 6.45) is -0.232. The maximum atomic E-state index is 13.4. The number of fused-ring (bicyclic) bond motifs is 1. The van der Waals surface area contributed by atoms with Crippen molar-refractivity contribution in [1.29, 1.82) is 0 Å². The maximum Gasteiger partial charge on any atom is 0.418 e. The van der Waals surface area contributed by atoms with Crippen LogP contribution in [0.4, 0.5) is 13.2 Å². The summed E-state index contributed by atoms with van der Waals surface area (Å²) in [6, 6.07) is 3.03. The smallest absolute Gasteiger partial charge is 0.418 e. The van der Waals surface area contributed by atoms with Crippen molar-refractivity contribution in [1.82, 2.24) is 4.90 Å². The van der Waals surface area contributed by atoms with Crippen molar-refractivity contribution in [3.05, 3.63) is 52.8 Å². The minimum Gasteiger partial charge on any atom is -0.497 e. The summed E-state index contributed by atoms with van der Waals surface area (Å²) in [5.74, 6) is 1.24. The highest BCUT2D eigenvalue weighted by atomic mass is 19.4. The average molecular weight is 378 g/mol. The third-order valence-electron chi connectivity index (χ3n) is 4.86. The van der Waals surface area contributed by atoms with Crippen molar-refractivity contribution in [3.63, 3.8) is 0 Å². The summed E-state index contributed by atoms with van der Waals surface area (Å²) in [5.41, 5.74) is 2.23. The van der Waals surface area contributed by atoms with E-state index < -0.39 is 17.8 Å². The first-order chi connectivity index (χ1) is 12.7. The summed E-state index contributed by atoms with van der Waals surface area (Å²) in [4.78, 5) is 6.16. The van der Waals surface area contributed by atoms with E-state index in [9.17, 15) is 13.2 Å². The quantitative estimate of drug-likeness (QED) is 0.776. The molecule has 0 fully saturated rings. The Kier molecular flexibility index (Phi) is 4.80. The molecule has 1 aliphatic carbocycles. The number of aliphatic imine (C=N–C) groups is 1. The molecule has 0 spiro atoms. The van der Waals surface area contributed by atoms with Gasteiger partial charge in [-0.15, -0.1) is 0 Å². The predicted octanol–water partition coefficient (Wildman–Crippen LogP) is 4.51. The second kappa shape index (κ2) is 6.79. The molecule has 0 bridgehead atoms. The topological polar surface area (TPSA) is 34.1 Å². The van der Waals surface area contributed by atoms with Crippen molar-refractivity contribution >= 4 is 11.4 Å². The zero-order chi connectivity index (χ0) is 19.9. The van der Waals surface area contributed by atoms with Crippen LogP contribution in [0, 0.1) is 6.92 Å². The van der Waals surface area contributed by atoms with E-state index in [-0.39, 0.29) is 5.71 Å². The van der Waals surface area contributed by atoms with E-state index in [4.69, 9.17) is 9.47 Å². The van der Waals surface area contributed by atoms with Gasteiger partial charge in [-0.2, -0.15) is 13.2 Å². The molecule has 7 heteroatoms. The van der Waals surface area contributed by atoms with Gasteiger partial charge in [0.25, 0.3) is 0 Å². The number of likely N-dealkylation sites (N-methyl/N-ethyl adjacent to an activating group) is 1. The van der Waals surface area contributed by atoms with E-state index in [0.717, 1.165) is 22.9 Å². The molecule has 1 unspecified atom stereocenters. The van der Waals surface area contributed by atoms with Crippen molar-refractivity contribution < 1.29 is 22.6 Å². The Morgan fingerprint density at radius 1 is 1.11 bits per heavy atom. The first kappa shape index (κ1) is 19.1. The average Bonchev–Trinajstić information content (AvgIpc) is 2.61. The van der Waals surface area contributed by atoms with Gasteiger partial charge in [-0.25, -0.2) is 0 Å². The van der Waals surface area contributed by atoms with Gasteiger partial charge >= 0.3 is 6.18 Å². The zero-order valence-corrected chi connectivity index (χ0v) is 15.8. The van der Waals surface area contributed by atoms with Gasteiger partial charge in [0, 0.05) is 24.2 Å². The summed E-state index contributed by atoms with van der Waals surface area (Å²) in [5, 5.41) is 0. The largest absolute Gasteiger partial charge is 0.497 e. The molecule has 0 aromatic heterocycles. The van der Waals surface area contributed by atoms with E-state index in [2.05, 4.69) is 4.99 Å². The molecule has 0 N–H and O–H groups in total. The third kappa shape index (κ3) is 3.22. The molecule has 1 aromatic carbocycles. The number of ether oxygens (including phenoxy) is 2. The molecule has 4 nitrogen and oxygen atoms in total. The van der Waals surface area contributed by atoms with Crippen LogP contribution in [-0.4, -0.2) is 44.1 Å². The van der Waals surface area contributed by atoms with Gasteiger partial charge in [0.15, 0.2) is 0 Å². The molecule has 3 rings (SSSR count). The van der Waals surface area contributed by atoms with E-state index in [1.807, 2.05) is 17.9 Å². The van der Waals surface area contributed by atoms with E-state index in [0.29, 0.717) is 17.2 Å². The summed E-state index contributed by atoms with van der Waals surface area (Å²) in [6.45, 7) is 3.62. The first-order valence-corrected chi connectivity index (χ1v) is 8.40. The SMILES string of the molecule is COc1cc(OC)c(C)c(C2=C(C)N=C3C(C(F)(F)F)=CC=CC3N2C)c1. The number of benzene rings is 1. The molecular weight excluding hydrogens is 357 g/mol. The fraction of sp³-hybridized carbons (Fsp3) is 0.350. The zero-order valence-electron chi connectivity index (χ0n) is 15.8. The lowest BCUT2D eigenvalue weighted by Gasteiger charge is -2.38. The monoisotopic (exact) mass is 378 g/mol. The van der Waals surface area contributed by atoms with Crippen LogP contribution < -0.4 is 9.47 Å². The first-order valence-electron chi connectivity index (χ1n) is 8.40. The Morgan fingerprint density at radius 2 is 1.81 bits per heavy atom. The van der Waals surface area contributed by atoms with Crippen molar-refractivity contribution in [3.8, 4) is 11.5 Å². The normalized spacial score (nSPS) is 19.6. The summed E-state index contributed by atoms with van der Waals surface area (Å²) < 4.78 is 51.0. The fourth-order valence-electron chi connectivity index (χ4n) is 3.52. The molecular formula is C20H21F3N2O2. The number of nitrogens with zero attached hydrogens (tertiary/aromatic N) is 2. The molecule has 1 aliphatic heterocycles. The highest BCUT2D eigenvalue weighted by molar-refractivity contribution is 6.10. The Bertz CT molecular complexity index is 895. The van der Waals surface area contributed by atoms with Crippen molar-refractivity contribution in [2.45, 2.75) is 26.1 Å². The number of allylic oxidation sites excluding steroid dienone is 3. The lowest BCUT2D eigenvalue weighted by molar-refractivity contribution is -0.0865. The molecule has 0 amide bonds. The van der Waals surface area contributed by atoms with Crippen LogP contribution in [0.15, 0.2) is 46.6 Å². The van der Waals surface area contributed by atoms with E-state index >= 15 is 0 Å². The van der Waals surface area contributed by atoms with Gasteiger partial charge in [-0.05, 0) is 26.0 Å². The molecule has 0 radical (unpaired) electrons. The summed E-state index contributed by atoms with van der Waals surface area (Å²) in [7, 11) is 4.89. The van der Waals surface area contributed by atoms with Crippen LogP contribution in [-0.2, 0) is 0 Å². The predicted molar refractivity (Wildman–Crippen MR) is 99.1 cm³/mol. The Morgan fingerprint density at radius 3 is 2.41 bits per heavy atom. The Labute approximate surface area is 156 Å². The fourth-order valence-corrected chi connectivity index (χ4v) is 3.52. The van der Waals surface area contributed by atoms with Crippen LogP contribution in [0.5, 0.6) is 11.5 Å². The van der Waals surface area contributed by atoms with Gasteiger partial charge in [-0.1, -0.05) is 12.2 Å². The van der Waals surface area contributed by atoms with Crippen LogP contribution in [0.3, 0.4) is 0 Å². The highest BCUT2D eigenvalue weighted by Gasteiger charge is 2.43. The minimum absolute atomic E-state index is 0.0151. The molecule has 0 saturated carbocycles. The number of alkyl halides is 3. The van der Waals surface area contributed by atoms with E-state index in [1.165, 1.54) is 6.08 Å². The summed E-state index contributed by atoms with van der Waals surface area (Å²) >= 11 is 0. The maximum absolute atomic E-state index is 13.4. The van der Waals surface area contributed by atoms with Crippen molar-refractivity contribution in [2.24, 2.45) is 4.99 Å². The second-order valence-electron chi connectivity index (χ2n) is 6.45. The van der Waals surface area contributed by atoms with Gasteiger partial charge in [0.2, 0.25) is 0 Å². The van der Waals surface area contributed by atoms with Crippen LogP contribution in [0.25, 0.3) is 5.70 Å². The number of hydrogen-bond acceptors (Lipinski definition) is 4. The highest BCUT2D eigenvalue weighted by Crippen LogP contribution is 2.40. The molecule has 1 heterocycles. The number of halogens is 3. The van der Waals surface area contributed by atoms with E-state index in [1.54, 1.807) is 40.3 Å². The minimum atomic E-state index is -4.45. The molecule has 0 saturated heterocycles. The number of hydrogen-bond donors (Lipinski definition) is 0. The lowest BCUT2D eigenvalue weighted by Crippen LogP contribution is -2.43. The van der Waals surface area contributed by atoms with Gasteiger partial charge in [0.1, 0.15) is 11.5 Å². The van der Waals surface area contributed by atoms with Crippen LogP contribution in [0.1, 0.15) is 18.1 Å². The molecule has 27 heavy (non-hydrogen) atoms. The molecule has 1 atom stereocenters. The van der Waals surface area contributed by atoms with Gasteiger partial charge in [-0.3, -0.25) is 4.99 Å². The number of rotatable bonds is 3. The van der Waals surface area contributed by atoms with Gasteiger partial charge in [0.05, 0.1) is 42.9 Å². The third-order valence-corrected chi connectivity index (χ3v) is 4.86. The van der Waals surface area contributed by atoms with Gasteiger partial charge < -0.3 is 14.4 Å². The number of methoxy groups -OCH3 is 2. The molecule has 144 valence electrons. The Hall–Kier alpha value is -2.70. The standard InChI is InChI=1S/C20H21F3N2O2/c1-11-14(9-13(26-4)10-17(11)27-5)19-12(2)24-18-15(20(21,22)23)7-6-8-16(18)25(19)3/h6-10,16H,1-5H3. The second-order valence-corrected chi connectivity index (χ2v) is 6.45. The lowest BCUT2D eigenvalue weighted by atomic mass is 9.91. The Balaban J connectivity index is 2.20.